The zero-order valence-corrected chi connectivity index (χ0v) is 11.5. The lowest BCUT2D eigenvalue weighted by atomic mass is 10.2. The van der Waals surface area contributed by atoms with Crippen LogP contribution in [-0.4, -0.2) is 30.6 Å². The quantitative estimate of drug-likeness (QED) is 0.828. The van der Waals surface area contributed by atoms with E-state index in [-0.39, 0.29) is 18.4 Å². The minimum Gasteiger partial charge on any atom is -0.325 e. The van der Waals surface area contributed by atoms with Crippen molar-refractivity contribution in [3.63, 3.8) is 0 Å². The molecule has 2 N–H and O–H groups in total. The lowest BCUT2D eigenvalue weighted by Crippen LogP contribution is -2.18. The standard InChI is InChI=1S/C11H15ClN6O/c1-7(2)18-11(9(12)4-14-18)10(19)6-17-5-8(3-13)15-16-17/h4-5,7H,3,6,13H2,1-2H3. The summed E-state index contributed by atoms with van der Waals surface area (Å²) in [6.45, 7) is 4.22. The zero-order chi connectivity index (χ0) is 14.0. The maximum Gasteiger partial charge on any atom is 0.203 e. The molecule has 7 nitrogen and oxygen atoms in total. The van der Waals surface area contributed by atoms with E-state index in [1.54, 1.807) is 10.9 Å². The number of Topliss-reactive ketones (excluding diaryl/α,β-unsaturated/α-hetero) is 1. The number of aromatic nitrogens is 5. The Morgan fingerprint density at radius 1 is 1.53 bits per heavy atom. The van der Waals surface area contributed by atoms with E-state index in [4.69, 9.17) is 17.3 Å². The Hall–Kier alpha value is -1.73. The summed E-state index contributed by atoms with van der Waals surface area (Å²) >= 11 is 6.01. The second-order valence-corrected chi connectivity index (χ2v) is 4.82. The molecule has 0 aliphatic rings. The largest absolute Gasteiger partial charge is 0.325 e. The molecule has 2 aromatic rings. The van der Waals surface area contributed by atoms with Gasteiger partial charge in [0.2, 0.25) is 5.78 Å². The number of rotatable bonds is 5. The number of nitrogens with zero attached hydrogens (tertiary/aromatic N) is 5. The van der Waals surface area contributed by atoms with Crippen LogP contribution < -0.4 is 5.73 Å². The van der Waals surface area contributed by atoms with E-state index in [2.05, 4.69) is 15.4 Å². The molecule has 2 rings (SSSR count). The highest BCUT2D eigenvalue weighted by Crippen LogP contribution is 2.19. The number of nitrogens with two attached hydrogens (primary N) is 1. The van der Waals surface area contributed by atoms with E-state index in [0.717, 1.165) is 0 Å². The number of carbonyl (C=O) groups excluding carboxylic acids is 1. The molecule has 0 fully saturated rings. The topological polar surface area (TPSA) is 91.6 Å². The third-order valence-electron chi connectivity index (χ3n) is 2.60. The molecule has 0 saturated carbocycles. The number of halogens is 1. The number of hydrogen-bond acceptors (Lipinski definition) is 5. The van der Waals surface area contributed by atoms with Crippen molar-refractivity contribution in [2.75, 3.05) is 0 Å². The second-order valence-electron chi connectivity index (χ2n) is 4.41. The van der Waals surface area contributed by atoms with Crippen molar-refractivity contribution in [2.24, 2.45) is 5.73 Å². The van der Waals surface area contributed by atoms with Gasteiger partial charge in [0.1, 0.15) is 12.2 Å². The van der Waals surface area contributed by atoms with Gasteiger partial charge < -0.3 is 5.73 Å². The van der Waals surface area contributed by atoms with Crippen molar-refractivity contribution in [3.05, 3.63) is 28.8 Å². The molecule has 2 heterocycles. The van der Waals surface area contributed by atoms with Crippen LogP contribution in [0.5, 0.6) is 0 Å². The molecule has 2 aromatic heterocycles. The summed E-state index contributed by atoms with van der Waals surface area (Å²) < 4.78 is 3.05. The second kappa shape index (κ2) is 5.50. The molecule has 19 heavy (non-hydrogen) atoms. The van der Waals surface area contributed by atoms with E-state index >= 15 is 0 Å². The van der Waals surface area contributed by atoms with Gasteiger partial charge in [-0.3, -0.25) is 9.48 Å². The molecular formula is C11H15ClN6O. The summed E-state index contributed by atoms with van der Waals surface area (Å²) in [4.78, 5) is 12.3. The molecule has 0 amide bonds. The summed E-state index contributed by atoms with van der Waals surface area (Å²) in [5.41, 5.74) is 6.47. The molecule has 0 saturated heterocycles. The highest BCUT2D eigenvalue weighted by molar-refractivity contribution is 6.33. The lowest BCUT2D eigenvalue weighted by molar-refractivity contribution is 0.0954. The van der Waals surface area contributed by atoms with Gasteiger partial charge in [0.15, 0.2) is 0 Å². The van der Waals surface area contributed by atoms with Crippen LogP contribution in [0.25, 0.3) is 0 Å². The van der Waals surface area contributed by atoms with Crippen molar-refractivity contribution >= 4 is 17.4 Å². The van der Waals surface area contributed by atoms with Crippen LogP contribution in [0.2, 0.25) is 5.02 Å². The Balaban J connectivity index is 2.22. The van der Waals surface area contributed by atoms with E-state index < -0.39 is 0 Å². The molecule has 0 bridgehead atoms. The fraction of sp³-hybridized carbons (Fsp3) is 0.455. The van der Waals surface area contributed by atoms with Gasteiger partial charge in [-0.1, -0.05) is 16.8 Å². The molecule has 0 aliphatic heterocycles. The summed E-state index contributed by atoms with van der Waals surface area (Å²) in [6.07, 6.45) is 3.11. The molecule has 0 aliphatic carbocycles. The van der Waals surface area contributed by atoms with Crippen LogP contribution in [0.1, 0.15) is 36.1 Å². The average molecular weight is 283 g/mol. The van der Waals surface area contributed by atoms with Crippen LogP contribution in [0.3, 0.4) is 0 Å². The summed E-state index contributed by atoms with van der Waals surface area (Å²) in [7, 11) is 0. The van der Waals surface area contributed by atoms with E-state index in [1.807, 2.05) is 13.8 Å². The van der Waals surface area contributed by atoms with Gasteiger partial charge >= 0.3 is 0 Å². The van der Waals surface area contributed by atoms with Gasteiger partial charge in [-0.15, -0.1) is 5.10 Å². The maximum atomic E-state index is 12.3. The van der Waals surface area contributed by atoms with E-state index in [0.29, 0.717) is 23.0 Å². The van der Waals surface area contributed by atoms with Gasteiger partial charge in [-0.25, -0.2) is 4.68 Å². The smallest absolute Gasteiger partial charge is 0.203 e. The molecular weight excluding hydrogens is 268 g/mol. The Bertz CT molecular complexity index is 588. The molecule has 0 radical (unpaired) electrons. The molecule has 102 valence electrons. The third kappa shape index (κ3) is 2.82. The van der Waals surface area contributed by atoms with E-state index in [9.17, 15) is 4.79 Å². The summed E-state index contributed by atoms with van der Waals surface area (Å²) in [6, 6.07) is 0.0572. The van der Waals surface area contributed by atoms with Crippen LogP contribution in [0, 0.1) is 0 Å². The first-order valence-electron chi connectivity index (χ1n) is 5.88. The Kier molecular flexibility index (Phi) is 3.96. The van der Waals surface area contributed by atoms with Crippen molar-refractivity contribution in [3.8, 4) is 0 Å². The van der Waals surface area contributed by atoms with Gasteiger partial charge in [0, 0.05) is 12.6 Å². The average Bonchev–Trinajstić information content (AvgIpc) is 2.95. The highest BCUT2D eigenvalue weighted by atomic mass is 35.5. The van der Waals surface area contributed by atoms with Crippen LogP contribution >= 0.6 is 11.6 Å². The fourth-order valence-electron chi connectivity index (χ4n) is 1.73. The van der Waals surface area contributed by atoms with Gasteiger partial charge in [-0.2, -0.15) is 5.10 Å². The number of hydrogen-bond donors (Lipinski definition) is 1. The SMILES string of the molecule is CC(C)n1ncc(Cl)c1C(=O)Cn1cc(CN)nn1. The molecule has 8 heteroatoms. The zero-order valence-electron chi connectivity index (χ0n) is 10.7. The Morgan fingerprint density at radius 3 is 2.84 bits per heavy atom. The Morgan fingerprint density at radius 2 is 2.26 bits per heavy atom. The van der Waals surface area contributed by atoms with Crippen molar-refractivity contribution < 1.29 is 4.79 Å². The molecule has 0 atom stereocenters. The molecule has 0 spiro atoms. The normalized spacial score (nSPS) is 11.2. The maximum absolute atomic E-state index is 12.3. The van der Waals surface area contributed by atoms with Gasteiger partial charge in [0.25, 0.3) is 0 Å². The molecule has 0 aromatic carbocycles. The van der Waals surface area contributed by atoms with Crippen LogP contribution in [0.15, 0.2) is 12.4 Å². The van der Waals surface area contributed by atoms with Crippen molar-refractivity contribution in [1.82, 2.24) is 24.8 Å². The first-order valence-corrected chi connectivity index (χ1v) is 6.26. The van der Waals surface area contributed by atoms with Crippen LogP contribution in [-0.2, 0) is 13.1 Å². The minimum atomic E-state index is -0.162. The number of carbonyl (C=O) groups is 1. The van der Waals surface area contributed by atoms with Gasteiger partial charge in [0.05, 0.1) is 23.1 Å². The third-order valence-corrected chi connectivity index (χ3v) is 2.88. The Labute approximate surface area is 115 Å². The molecule has 0 unspecified atom stereocenters. The lowest BCUT2D eigenvalue weighted by Gasteiger charge is -2.10. The predicted molar refractivity (Wildman–Crippen MR) is 69.9 cm³/mol. The highest BCUT2D eigenvalue weighted by Gasteiger charge is 2.19. The predicted octanol–water partition coefficient (Wildman–Crippen LogP) is 1.05. The number of ketones is 1. The van der Waals surface area contributed by atoms with E-state index in [1.165, 1.54) is 10.9 Å². The van der Waals surface area contributed by atoms with Crippen molar-refractivity contribution in [2.45, 2.75) is 33.0 Å². The summed E-state index contributed by atoms with van der Waals surface area (Å²) in [5, 5.41) is 12.1. The first kappa shape index (κ1) is 13.7. The first-order chi connectivity index (χ1) is 9.02. The van der Waals surface area contributed by atoms with Gasteiger partial charge in [-0.05, 0) is 13.8 Å². The fourth-order valence-corrected chi connectivity index (χ4v) is 1.96. The minimum absolute atomic E-state index is 0.0572. The van der Waals surface area contributed by atoms with Crippen LogP contribution in [0.4, 0.5) is 0 Å². The van der Waals surface area contributed by atoms with Crippen molar-refractivity contribution in [1.29, 1.82) is 0 Å². The monoisotopic (exact) mass is 282 g/mol. The summed E-state index contributed by atoms with van der Waals surface area (Å²) in [5.74, 6) is -0.162.